The highest BCUT2D eigenvalue weighted by Crippen LogP contribution is 2.42. The van der Waals surface area contributed by atoms with Gasteiger partial charge in [0.25, 0.3) is 0 Å². The third-order valence-electron chi connectivity index (χ3n) is 10.2. The first-order chi connectivity index (χ1) is 20.9. The van der Waals surface area contributed by atoms with Crippen LogP contribution in [0.2, 0.25) is 5.02 Å². The van der Waals surface area contributed by atoms with Crippen LogP contribution in [0.4, 0.5) is 15.0 Å². The molecule has 10 heteroatoms. The Morgan fingerprint density at radius 3 is 2.44 bits per heavy atom. The van der Waals surface area contributed by atoms with Gasteiger partial charge in [0.2, 0.25) is 0 Å². The Bertz CT molecular complexity index is 1740. The second kappa shape index (κ2) is 10.2. The van der Waals surface area contributed by atoms with Crippen molar-refractivity contribution in [2.24, 2.45) is 0 Å². The van der Waals surface area contributed by atoms with Gasteiger partial charge in [0.15, 0.2) is 5.82 Å². The Morgan fingerprint density at radius 1 is 1.00 bits per heavy atom. The maximum atomic E-state index is 16.7. The highest BCUT2D eigenvalue weighted by molar-refractivity contribution is 6.36. The van der Waals surface area contributed by atoms with Crippen LogP contribution < -0.4 is 9.64 Å². The largest absolute Gasteiger partial charge is 0.465 e. The maximum absolute atomic E-state index is 16.7. The average molecular weight is 602 g/mol. The molecule has 4 fully saturated rings. The van der Waals surface area contributed by atoms with E-state index in [1.807, 2.05) is 42.5 Å². The standard InChI is InChI=1S/C33H33ClFN5O3/c34-26-8-2-6-20-5-1-7-23(27(20)26)24-11-12-25-29(28(24)35)36-31(43-19-33-13-3-15-39(33)16-4-14-33)37-30(25)38-17-21-9-10-22(18-38)40(21)32(41)42/h1-2,5-8,11-12,21-22H,3-4,9-10,13-19H2,(H,41,42)/t21-,22+. The molecule has 4 aliphatic heterocycles. The number of ether oxygens (including phenoxy) is 1. The highest BCUT2D eigenvalue weighted by Gasteiger charge is 2.46. The fraction of sp³-hybridized carbons (Fsp3) is 0.424. The molecule has 0 radical (unpaired) electrons. The first kappa shape index (κ1) is 26.9. The fourth-order valence-corrected chi connectivity index (χ4v) is 8.49. The van der Waals surface area contributed by atoms with Crippen molar-refractivity contribution in [3.8, 4) is 17.1 Å². The van der Waals surface area contributed by atoms with Crippen LogP contribution in [0, 0.1) is 5.82 Å². The van der Waals surface area contributed by atoms with E-state index in [1.54, 1.807) is 11.0 Å². The van der Waals surface area contributed by atoms with Gasteiger partial charge in [-0.2, -0.15) is 9.97 Å². The van der Waals surface area contributed by atoms with Gasteiger partial charge in [0.1, 0.15) is 17.9 Å². The Morgan fingerprint density at radius 2 is 1.72 bits per heavy atom. The lowest BCUT2D eigenvalue weighted by Gasteiger charge is -2.40. The van der Waals surface area contributed by atoms with Gasteiger partial charge in [-0.05, 0) is 74.7 Å². The SMILES string of the molecule is O=C(O)N1[C@@H]2CC[C@H]1CN(c1nc(OCC34CCCN3CCC4)nc3c(F)c(-c4cccc5cccc(Cl)c45)ccc13)C2. The highest BCUT2D eigenvalue weighted by atomic mass is 35.5. The van der Waals surface area contributed by atoms with Crippen molar-refractivity contribution in [2.45, 2.75) is 56.1 Å². The minimum absolute atomic E-state index is 0.00913. The van der Waals surface area contributed by atoms with Gasteiger partial charge in [0, 0.05) is 34.4 Å². The molecule has 2 atom stereocenters. The number of nitrogens with zero attached hydrogens (tertiary/aromatic N) is 5. The van der Waals surface area contributed by atoms with E-state index in [2.05, 4.69) is 9.80 Å². The van der Waals surface area contributed by atoms with Crippen LogP contribution in [-0.2, 0) is 0 Å². The molecule has 8 nitrogen and oxygen atoms in total. The van der Waals surface area contributed by atoms with Gasteiger partial charge >= 0.3 is 12.1 Å². The molecular formula is C33H33ClFN5O3. The molecule has 1 N–H and O–H groups in total. The van der Waals surface area contributed by atoms with Crippen molar-refractivity contribution in [1.82, 2.24) is 19.8 Å². The van der Waals surface area contributed by atoms with Crippen LogP contribution in [0.1, 0.15) is 38.5 Å². The number of carboxylic acid groups (broad SMARTS) is 1. The van der Waals surface area contributed by atoms with Gasteiger partial charge in [-0.25, -0.2) is 9.18 Å². The number of carbonyl (C=O) groups is 1. The van der Waals surface area contributed by atoms with Crippen LogP contribution >= 0.6 is 11.6 Å². The van der Waals surface area contributed by atoms with E-state index in [0.717, 1.165) is 62.4 Å². The third kappa shape index (κ3) is 4.31. The summed E-state index contributed by atoms with van der Waals surface area (Å²) in [5, 5.41) is 12.7. The molecule has 3 aromatic carbocycles. The number of benzene rings is 3. The molecule has 4 aromatic rings. The van der Waals surface area contributed by atoms with Crippen molar-refractivity contribution in [2.75, 3.05) is 37.7 Å². The minimum Gasteiger partial charge on any atom is -0.465 e. The summed E-state index contributed by atoms with van der Waals surface area (Å²) >= 11 is 6.62. The monoisotopic (exact) mass is 601 g/mol. The molecular weight excluding hydrogens is 569 g/mol. The van der Waals surface area contributed by atoms with Crippen molar-refractivity contribution in [3.63, 3.8) is 0 Å². The van der Waals surface area contributed by atoms with Crippen LogP contribution in [0.5, 0.6) is 6.01 Å². The number of rotatable bonds is 5. The van der Waals surface area contributed by atoms with Gasteiger partial charge in [-0.15, -0.1) is 0 Å². The van der Waals surface area contributed by atoms with Crippen LogP contribution in [0.15, 0.2) is 48.5 Å². The van der Waals surface area contributed by atoms with E-state index < -0.39 is 11.9 Å². The molecule has 1 amide bonds. The van der Waals surface area contributed by atoms with Crippen molar-refractivity contribution in [1.29, 1.82) is 0 Å². The van der Waals surface area contributed by atoms with Crippen molar-refractivity contribution in [3.05, 3.63) is 59.4 Å². The number of hydrogen-bond acceptors (Lipinski definition) is 6. The molecule has 4 saturated heterocycles. The normalized spacial score (nSPS) is 22.9. The maximum Gasteiger partial charge on any atom is 0.407 e. The average Bonchev–Trinajstić information content (AvgIpc) is 3.67. The summed E-state index contributed by atoms with van der Waals surface area (Å²) in [6, 6.07) is 15.0. The molecule has 0 spiro atoms. The van der Waals surface area contributed by atoms with E-state index in [0.29, 0.717) is 47.1 Å². The summed E-state index contributed by atoms with van der Waals surface area (Å²) in [7, 11) is 0. The van der Waals surface area contributed by atoms with Gasteiger partial charge < -0.3 is 14.7 Å². The van der Waals surface area contributed by atoms with Gasteiger partial charge in [0.05, 0.1) is 17.6 Å². The van der Waals surface area contributed by atoms with E-state index >= 15 is 4.39 Å². The minimum atomic E-state index is -0.884. The first-order valence-electron chi connectivity index (χ1n) is 15.2. The topological polar surface area (TPSA) is 82.0 Å². The number of anilines is 1. The summed E-state index contributed by atoms with van der Waals surface area (Å²) in [6.45, 7) is 3.61. The van der Waals surface area contributed by atoms with E-state index in [9.17, 15) is 9.90 Å². The predicted octanol–water partition coefficient (Wildman–Crippen LogP) is 6.58. The molecule has 0 aliphatic carbocycles. The van der Waals surface area contributed by atoms with E-state index in [1.165, 1.54) is 0 Å². The zero-order valence-corrected chi connectivity index (χ0v) is 24.6. The van der Waals surface area contributed by atoms with Crippen molar-refractivity contribution < 1.29 is 19.0 Å². The molecule has 5 heterocycles. The summed E-state index contributed by atoms with van der Waals surface area (Å²) in [5.74, 6) is 0.141. The quantitative estimate of drug-likeness (QED) is 0.277. The Balaban J connectivity index is 1.24. The van der Waals surface area contributed by atoms with E-state index in [4.69, 9.17) is 26.3 Å². The number of piperazine rings is 1. The number of amides is 1. The number of halogens is 2. The number of hydrogen-bond donors (Lipinski definition) is 1. The second-order valence-electron chi connectivity index (χ2n) is 12.5. The molecule has 1 aromatic heterocycles. The lowest BCUT2D eigenvalue weighted by atomic mass is 9.95. The lowest BCUT2D eigenvalue weighted by molar-refractivity contribution is 0.107. The molecule has 8 rings (SSSR count). The molecule has 0 unspecified atom stereocenters. The second-order valence-corrected chi connectivity index (χ2v) is 12.9. The summed E-state index contributed by atoms with van der Waals surface area (Å²) in [5.41, 5.74) is 1.30. The summed E-state index contributed by atoms with van der Waals surface area (Å²) < 4.78 is 23.1. The number of fused-ring (bicyclic) bond motifs is 5. The number of aromatic nitrogens is 2. The Kier molecular flexibility index (Phi) is 6.38. The van der Waals surface area contributed by atoms with Gasteiger partial charge in [-0.1, -0.05) is 48.0 Å². The molecule has 43 heavy (non-hydrogen) atoms. The predicted molar refractivity (Wildman–Crippen MR) is 165 cm³/mol. The molecule has 222 valence electrons. The van der Waals surface area contributed by atoms with Crippen LogP contribution in [0.3, 0.4) is 0 Å². The summed E-state index contributed by atoms with van der Waals surface area (Å²) in [6.07, 6.45) is 5.18. The third-order valence-corrected chi connectivity index (χ3v) is 10.5. The van der Waals surface area contributed by atoms with Crippen LogP contribution in [-0.4, -0.2) is 81.4 Å². The Hall–Kier alpha value is -3.69. The zero-order chi connectivity index (χ0) is 29.3. The first-order valence-corrected chi connectivity index (χ1v) is 15.6. The Labute approximate surface area is 254 Å². The van der Waals surface area contributed by atoms with Crippen LogP contribution in [0.25, 0.3) is 32.8 Å². The summed E-state index contributed by atoms with van der Waals surface area (Å²) in [4.78, 5) is 27.7. The van der Waals surface area contributed by atoms with Gasteiger partial charge in [-0.3, -0.25) is 9.80 Å². The molecule has 2 bridgehead atoms. The lowest BCUT2D eigenvalue weighted by Crippen LogP contribution is -2.55. The van der Waals surface area contributed by atoms with E-state index in [-0.39, 0.29) is 29.1 Å². The van der Waals surface area contributed by atoms with Crippen molar-refractivity contribution >= 4 is 45.2 Å². The molecule has 4 aliphatic rings. The molecule has 0 saturated carbocycles. The smallest absolute Gasteiger partial charge is 0.407 e. The fourth-order valence-electron chi connectivity index (χ4n) is 8.21. The zero-order valence-electron chi connectivity index (χ0n) is 23.8.